The molecule has 0 saturated heterocycles. The van der Waals surface area contributed by atoms with Crippen LogP contribution in [0.5, 0.6) is 0 Å². The van der Waals surface area contributed by atoms with Crippen LogP contribution in [0.15, 0.2) is 24.8 Å². The number of carbonyl (C=O) groups excluding carboxylic acids is 1. The summed E-state index contributed by atoms with van der Waals surface area (Å²) in [5.74, 6) is -1.37. The first-order valence-corrected chi connectivity index (χ1v) is 4.62. The molecule has 0 fully saturated rings. The van der Waals surface area contributed by atoms with Gasteiger partial charge in [-0.25, -0.2) is 9.67 Å². The van der Waals surface area contributed by atoms with Crippen LogP contribution in [0.2, 0.25) is 0 Å². The first kappa shape index (κ1) is 12.0. The molecule has 0 saturated carbocycles. The van der Waals surface area contributed by atoms with Gasteiger partial charge in [-0.15, -0.1) is 0 Å². The minimum absolute atomic E-state index is 0.155. The first-order chi connectivity index (χ1) is 8.41. The highest BCUT2D eigenvalue weighted by atomic mass is 19.4. The molecule has 2 heterocycles. The summed E-state index contributed by atoms with van der Waals surface area (Å²) < 4.78 is 39.1. The number of nitrogens with two attached hydrogens (primary N) is 1. The molecule has 0 aliphatic heterocycles. The van der Waals surface area contributed by atoms with Gasteiger partial charge in [0.2, 0.25) is 0 Å². The quantitative estimate of drug-likeness (QED) is 0.861. The molecular formula is C9H6F3N5O. The SMILES string of the molecule is NC(=O)c1cnn(-c2cnccn2)c1C(F)(F)F. The molecule has 0 spiro atoms. The highest BCUT2D eigenvalue weighted by Gasteiger charge is 2.40. The lowest BCUT2D eigenvalue weighted by Gasteiger charge is -2.10. The maximum absolute atomic E-state index is 12.9. The number of hydrogen-bond donors (Lipinski definition) is 1. The van der Waals surface area contributed by atoms with E-state index in [4.69, 9.17) is 5.73 Å². The average Bonchev–Trinajstić information content (AvgIpc) is 2.74. The van der Waals surface area contributed by atoms with Crippen molar-refractivity contribution in [3.63, 3.8) is 0 Å². The number of carbonyl (C=O) groups is 1. The highest BCUT2D eigenvalue weighted by molar-refractivity contribution is 5.94. The normalized spacial score (nSPS) is 11.5. The zero-order chi connectivity index (χ0) is 13.3. The molecule has 0 atom stereocenters. The van der Waals surface area contributed by atoms with Crippen molar-refractivity contribution in [2.24, 2.45) is 5.73 Å². The third-order valence-corrected chi connectivity index (χ3v) is 2.07. The Kier molecular flexibility index (Phi) is 2.73. The summed E-state index contributed by atoms with van der Waals surface area (Å²) in [5.41, 5.74) is 2.89. The third-order valence-electron chi connectivity index (χ3n) is 2.07. The van der Waals surface area contributed by atoms with Crippen molar-refractivity contribution in [2.45, 2.75) is 6.18 Å². The van der Waals surface area contributed by atoms with Gasteiger partial charge in [0.1, 0.15) is 0 Å². The van der Waals surface area contributed by atoms with Gasteiger partial charge >= 0.3 is 6.18 Å². The van der Waals surface area contributed by atoms with E-state index in [9.17, 15) is 18.0 Å². The van der Waals surface area contributed by atoms with Gasteiger partial charge in [-0.2, -0.15) is 18.3 Å². The molecule has 18 heavy (non-hydrogen) atoms. The van der Waals surface area contributed by atoms with Crippen LogP contribution in [0.1, 0.15) is 16.1 Å². The fourth-order valence-electron chi connectivity index (χ4n) is 1.38. The van der Waals surface area contributed by atoms with Gasteiger partial charge < -0.3 is 5.73 Å². The molecule has 0 aromatic carbocycles. The number of alkyl halides is 3. The Morgan fingerprint density at radius 3 is 2.50 bits per heavy atom. The van der Waals surface area contributed by atoms with Crippen LogP contribution in [0.25, 0.3) is 5.82 Å². The fourth-order valence-corrected chi connectivity index (χ4v) is 1.38. The summed E-state index contributed by atoms with van der Waals surface area (Å²) in [6, 6.07) is 0. The molecule has 0 bridgehead atoms. The lowest BCUT2D eigenvalue weighted by atomic mass is 10.2. The summed E-state index contributed by atoms with van der Waals surface area (Å²) >= 11 is 0. The van der Waals surface area contributed by atoms with Crippen LogP contribution in [0.4, 0.5) is 13.2 Å². The van der Waals surface area contributed by atoms with E-state index in [0.717, 1.165) is 12.4 Å². The molecule has 0 radical (unpaired) electrons. The standard InChI is InChI=1S/C9H6F3N5O/c10-9(11,12)7-5(8(13)18)3-16-17(7)6-4-14-1-2-15-6/h1-4H,(H2,13,18). The molecule has 0 aliphatic carbocycles. The van der Waals surface area contributed by atoms with Crippen LogP contribution < -0.4 is 5.73 Å². The second-order valence-electron chi connectivity index (χ2n) is 3.24. The van der Waals surface area contributed by atoms with Gasteiger partial charge in [-0.1, -0.05) is 0 Å². The molecule has 2 N–H and O–H groups in total. The molecule has 0 unspecified atom stereocenters. The molecule has 6 nitrogen and oxygen atoms in total. The van der Waals surface area contributed by atoms with E-state index in [1.54, 1.807) is 0 Å². The Labute approximate surface area is 98.3 Å². The Morgan fingerprint density at radius 2 is 2.00 bits per heavy atom. The zero-order valence-electron chi connectivity index (χ0n) is 8.72. The van der Waals surface area contributed by atoms with Crippen molar-refractivity contribution in [3.8, 4) is 5.82 Å². The number of nitrogens with zero attached hydrogens (tertiary/aromatic N) is 4. The number of amides is 1. The Balaban J connectivity index is 2.67. The van der Waals surface area contributed by atoms with Crippen LogP contribution in [-0.4, -0.2) is 25.7 Å². The first-order valence-electron chi connectivity index (χ1n) is 4.62. The summed E-state index contributed by atoms with van der Waals surface area (Å²) in [5, 5.41) is 3.47. The van der Waals surface area contributed by atoms with E-state index in [0.29, 0.717) is 4.68 Å². The van der Waals surface area contributed by atoms with Gasteiger partial charge in [0, 0.05) is 12.4 Å². The van der Waals surface area contributed by atoms with Gasteiger partial charge in [0.25, 0.3) is 5.91 Å². The van der Waals surface area contributed by atoms with E-state index in [-0.39, 0.29) is 5.82 Å². The second kappa shape index (κ2) is 4.09. The Bertz CT molecular complexity index is 578. The lowest BCUT2D eigenvalue weighted by Crippen LogP contribution is -2.21. The molecule has 2 aromatic rings. The molecular weight excluding hydrogens is 251 g/mol. The molecule has 0 aliphatic rings. The number of hydrogen-bond acceptors (Lipinski definition) is 4. The Hall–Kier alpha value is -2.45. The predicted molar refractivity (Wildman–Crippen MR) is 52.7 cm³/mol. The van der Waals surface area contributed by atoms with Crippen molar-refractivity contribution < 1.29 is 18.0 Å². The lowest BCUT2D eigenvalue weighted by molar-refractivity contribution is -0.143. The topological polar surface area (TPSA) is 86.7 Å². The monoisotopic (exact) mass is 257 g/mol. The number of primary amides is 1. The number of aromatic nitrogens is 4. The van der Waals surface area contributed by atoms with Crippen LogP contribution in [0, 0.1) is 0 Å². The van der Waals surface area contributed by atoms with Gasteiger partial charge in [0.15, 0.2) is 11.5 Å². The molecule has 2 aromatic heterocycles. The van der Waals surface area contributed by atoms with E-state index in [1.807, 2.05) is 0 Å². The zero-order valence-corrected chi connectivity index (χ0v) is 8.72. The van der Waals surface area contributed by atoms with Crippen molar-refractivity contribution >= 4 is 5.91 Å². The number of halogens is 3. The summed E-state index contributed by atoms with van der Waals surface area (Å²) in [6.07, 6.45) is -0.429. The number of rotatable bonds is 2. The molecule has 94 valence electrons. The van der Waals surface area contributed by atoms with Gasteiger partial charge in [0.05, 0.1) is 18.0 Å². The van der Waals surface area contributed by atoms with Crippen molar-refractivity contribution in [3.05, 3.63) is 36.0 Å². The van der Waals surface area contributed by atoms with E-state index in [1.165, 1.54) is 12.4 Å². The van der Waals surface area contributed by atoms with Crippen LogP contribution in [0.3, 0.4) is 0 Å². The molecule has 2 rings (SSSR count). The van der Waals surface area contributed by atoms with E-state index in [2.05, 4.69) is 15.1 Å². The second-order valence-corrected chi connectivity index (χ2v) is 3.24. The third kappa shape index (κ3) is 2.01. The van der Waals surface area contributed by atoms with Crippen molar-refractivity contribution in [2.75, 3.05) is 0 Å². The highest BCUT2D eigenvalue weighted by Crippen LogP contribution is 2.32. The summed E-state index contributed by atoms with van der Waals surface area (Å²) in [7, 11) is 0. The predicted octanol–water partition coefficient (Wildman–Crippen LogP) is 0.780. The van der Waals surface area contributed by atoms with E-state index >= 15 is 0 Å². The minimum Gasteiger partial charge on any atom is -0.365 e. The molecule has 1 amide bonds. The maximum atomic E-state index is 12.9. The largest absolute Gasteiger partial charge is 0.434 e. The van der Waals surface area contributed by atoms with Crippen molar-refractivity contribution in [1.82, 2.24) is 19.7 Å². The maximum Gasteiger partial charge on any atom is 0.434 e. The average molecular weight is 257 g/mol. The molecule has 9 heteroatoms. The van der Waals surface area contributed by atoms with Gasteiger partial charge in [-0.05, 0) is 0 Å². The van der Waals surface area contributed by atoms with Gasteiger partial charge in [-0.3, -0.25) is 9.78 Å². The van der Waals surface area contributed by atoms with Crippen LogP contribution >= 0.6 is 0 Å². The summed E-state index contributed by atoms with van der Waals surface area (Å²) in [4.78, 5) is 18.3. The van der Waals surface area contributed by atoms with E-state index < -0.39 is 23.3 Å². The smallest absolute Gasteiger partial charge is 0.365 e. The minimum atomic E-state index is -4.78. The van der Waals surface area contributed by atoms with Crippen LogP contribution in [-0.2, 0) is 6.18 Å². The summed E-state index contributed by atoms with van der Waals surface area (Å²) in [6.45, 7) is 0. The fraction of sp³-hybridized carbons (Fsp3) is 0.111. The Morgan fingerprint density at radius 1 is 1.28 bits per heavy atom. The van der Waals surface area contributed by atoms with Crippen molar-refractivity contribution in [1.29, 1.82) is 0 Å².